The zero-order chi connectivity index (χ0) is 12.6. The van der Waals surface area contributed by atoms with Gasteiger partial charge in [-0.2, -0.15) is 13.2 Å². The van der Waals surface area contributed by atoms with Gasteiger partial charge >= 0.3 is 6.18 Å². The molecular formula is C10H10F5N. The fourth-order valence-electron chi connectivity index (χ4n) is 1.27. The molecule has 0 unspecified atom stereocenters. The molecule has 0 amide bonds. The van der Waals surface area contributed by atoms with E-state index < -0.39 is 23.2 Å². The second-order valence-corrected chi connectivity index (χ2v) is 3.40. The lowest BCUT2D eigenvalue weighted by atomic mass is 10.0. The minimum atomic E-state index is -4.65. The quantitative estimate of drug-likeness (QED) is 0.773. The van der Waals surface area contributed by atoms with Gasteiger partial charge in [0.05, 0.1) is 5.56 Å². The van der Waals surface area contributed by atoms with E-state index in [0.717, 1.165) is 12.1 Å². The fraction of sp³-hybridized carbons (Fsp3) is 0.400. The SMILES string of the molecule is CNc1ccc(C(C)(F)F)cc1C(F)(F)F. The smallest absolute Gasteiger partial charge is 0.388 e. The van der Waals surface area contributed by atoms with Crippen LogP contribution in [0.2, 0.25) is 0 Å². The molecule has 0 saturated heterocycles. The molecule has 6 heteroatoms. The van der Waals surface area contributed by atoms with Crippen molar-refractivity contribution in [2.45, 2.75) is 19.0 Å². The highest BCUT2D eigenvalue weighted by Crippen LogP contribution is 2.38. The summed E-state index contributed by atoms with van der Waals surface area (Å²) in [7, 11) is 1.30. The van der Waals surface area contributed by atoms with Gasteiger partial charge in [-0.25, -0.2) is 8.78 Å². The molecule has 0 saturated carbocycles. The third-order valence-electron chi connectivity index (χ3n) is 2.10. The molecule has 0 aromatic heterocycles. The van der Waals surface area contributed by atoms with Crippen molar-refractivity contribution in [3.05, 3.63) is 29.3 Å². The van der Waals surface area contributed by atoms with Crippen LogP contribution in [-0.2, 0) is 12.1 Å². The minimum absolute atomic E-state index is 0.222. The van der Waals surface area contributed by atoms with E-state index in [0.29, 0.717) is 13.0 Å². The van der Waals surface area contributed by atoms with E-state index >= 15 is 0 Å². The van der Waals surface area contributed by atoms with E-state index in [4.69, 9.17) is 0 Å². The molecule has 0 radical (unpaired) electrons. The molecule has 0 spiro atoms. The highest BCUT2D eigenvalue weighted by Gasteiger charge is 2.36. The van der Waals surface area contributed by atoms with Crippen molar-refractivity contribution in [3.8, 4) is 0 Å². The highest BCUT2D eigenvalue weighted by molar-refractivity contribution is 5.54. The normalized spacial score (nSPS) is 12.7. The average Bonchev–Trinajstić information content (AvgIpc) is 2.14. The van der Waals surface area contributed by atoms with Gasteiger partial charge in [0.15, 0.2) is 0 Å². The number of anilines is 1. The molecule has 1 aromatic rings. The van der Waals surface area contributed by atoms with Gasteiger partial charge in [0.2, 0.25) is 0 Å². The Bertz CT molecular complexity index is 378. The summed E-state index contributed by atoms with van der Waals surface area (Å²) in [6.07, 6.45) is -4.65. The number of hydrogen-bond acceptors (Lipinski definition) is 1. The first-order valence-electron chi connectivity index (χ1n) is 4.43. The molecule has 16 heavy (non-hydrogen) atoms. The van der Waals surface area contributed by atoms with E-state index in [1.807, 2.05) is 0 Å². The summed E-state index contributed by atoms with van der Waals surface area (Å²) >= 11 is 0. The van der Waals surface area contributed by atoms with Crippen molar-refractivity contribution in [1.82, 2.24) is 0 Å². The average molecular weight is 239 g/mol. The van der Waals surface area contributed by atoms with Crippen LogP contribution in [0.15, 0.2) is 18.2 Å². The van der Waals surface area contributed by atoms with Crippen LogP contribution in [0.3, 0.4) is 0 Å². The molecule has 0 atom stereocenters. The van der Waals surface area contributed by atoms with E-state index in [2.05, 4.69) is 5.32 Å². The van der Waals surface area contributed by atoms with Gasteiger partial charge in [-0.1, -0.05) is 6.07 Å². The lowest BCUT2D eigenvalue weighted by Gasteiger charge is -2.17. The molecule has 1 N–H and O–H groups in total. The van der Waals surface area contributed by atoms with E-state index in [-0.39, 0.29) is 5.69 Å². The summed E-state index contributed by atoms with van der Waals surface area (Å²) in [5.41, 5.74) is -1.96. The second kappa shape index (κ2) is 3.92. The number of halogens is 5. The summed E-state index contributed by atoms with van der Waals surface area (Å²) in [6.45, 7) is 0.557. The van der Waals surface area contributed by atoms with Gasteiger partial charge < -0.3 is 5.32 Å². The van der Waals surface area contributed by atoms with Gasteiger partial charge in [0.1, 0.15) is 0 Å². The van der Waals surface area contributed by atoms with E-state index in [1.165, 1.54) is 7.05 Å². The summed E-state index contributed by atoms with van der Waals surface area (Å²) in [5, 5.41) is 2.32. The lowest BCUT2D eigenvalue weighted by molar-refractivity contribution is -0.137. The Balaban J connectivity index is 3.34. The van der Waals surface area contributed by atoms with Crippen LogP contribution < -0.4 is 5.32 Å². The summed E-state index contributed by atoms with van der Waals surface area (Å²) in [5.74, 6) is -3.29. The first kappa shape index (κ1) is 12.7. The Morgan fingerprint density at radius 3 is 2.00 bits per heavy atom. The van der Waals surface area contributed by atoms with Crippen molar-refractivity contribution in [2.24, 2.45) is 0 Å². The number of nitrogens with one attached hydrogen (secondary N) is 1. The molecule has 0 aliphatic carbocycles. The largest absolute Gasteiger partial charge is 0.418 e. The lowest BCUT2D eigenvalue weighted by Crippen LogP contribution is -2.13. The maximum Gasteiger partial charge on any atom is 0.418 e. The third-order valence-corrected chi connectivity index (χ3v) is 2.10. The molecule has 1 aromatic carbocycles. The van der Waals surface area contributed by atoms with Crippen LogP contribution in [0, 0.1) is 0 Å². The summed E-state index contributed by atoms with van der Waals surface area (Å²) in [6, 6.07) is 2.43. The van der Waals surface area contributed by atoms with Crippen LogP contribution in [0.1, 0.15) is 18.1 Å². The first-order chi connectivity index (χ1) is 7.16. The van der Waals surface area contributed by atoms with Crippen molar-refractivity contribution in [1.29, 1.82) is 0 Å². The number of rotatable bonds is 2. The van der Waals surface area contributed by atoms with Gasteiger partial charge in [-0.3, -0.25) is 0 Å². The molecule has 0 aliphatic rings. The number of alkyl halides is 5. The van der Waals surface area contributed by atoms with Crippen molar-refractivity contribution >= 4 is 5.69 Å². The molecule has 0 bridgehead atoms. The summed E-state index contributed by atoms with van der Waals surface area (Å²) in [4.78, 5) is 0. The molecule has 0 aliphatic heterocycles. The Morgan fingerprint density at radius 1 is 1.06 bits per heavy atom. The van der Waals surface area contributed by atoms with E-state index in [1.54, 1.807) is 0 Å². The van der Waals surface area contributed by atoms with Crippen LogP contribution in [0.25, 0.3) is 0 Å². The molecule has 90 valence electrons. The zero-order valence-corrected chi connectivity index (χ0v) is 8.62. The van der Waals surface area contributed by atoms with Crippen molar-refractivity contribution in [2.75, 3.05) is 12.4 Å². The predicted molar refractivity (Wildman–Crippen MR) is 50.6 cm³/mol. The topological polar surface area (TPSA) is 12.0 Å². The van der Waals surface area contributed by atoms with Gasteiger partial charge in [-0.05, 0) is 12.1 Å². The summed E-state index contributed by atoms with van der Waals surface area (Å²) < 4.78 is 63.3. The Kier molecular flexibility index (Phi) is 3.12. The van der Waals surface area contributed by atoms with Gasteiger partial charge in [0.25, 0.3) is 5.92 Å². The molecule has 1 rings (SSSR count). The van der Waals surface area contributed by atoms with Gasteiger partial charge in [-0.15, -0.1) is 0 Å². The monoisotopic (exact) mass is 239 g/mol. The Hall–Kier alpha value is -1.33. The third kappa shape index (κ3) is 2.62. The Morgan fingerprint density at radius 2 is 1.62 bits per heavy atom. The molecule has 0 fully saturated rings. The predicted octanol–water partition coefficient (Wildman–Crippen LogP) is 3.86. The van der Waals surface area contributed by atoms with Crippen LogP contribution in [0.5, 0.6) is 0 Å². The van der Waals surface area contributed by atoms with Crippen molar-refractivity contribution < 1.29 is 22.0 Å². The maximum absolute atomic E-state index is 12.9. The standard InChI is InChI=1S/C10H10F5N/c1-9(11,12)6-3-4-8(16-2)7(5-6)10(13,14)15/h3-5,16H,1-2H3. The number of hydrogen-bond donors (Lipinski definition) is 1. The zero-order valence-electron chi connectivity index (χ0n) is 8.62. The molecular weight excluding hydrogens is 229 g/mol. The van der Waals surface area contributed by atoms with Crippen LogP contribution in [-0.4, -0.2) is 7.05 Å². The minimum Gasteiger partial charge on any atom is -0.388 e. The number of benzene rings is 1. The Labute approximate surface area is 89.3 Å². The maximum atomic E-state index is 12.9. The van der Waals surface area contributed by atoms with Gasteiger partial charge in [0, 0.05) is 25.2 Å². The van der Waals surface area contributed by atoms with E-state index in [9.17, 15) is 22.0 Å². The van der Waals surface area contributed by atoms with Crippen molar-refractivity contribution in [3.63, 3.8) is 0 Å². The highest BCUT2D eigenvalue weighted by atomic mass is 19.4. The second-order valence-electron chi connectivity index (χ2n) is 3.40. The fourth-order valence-corrected chi connectivity index (χ4v) is 1.27. The first-order valence-corrected chi connectivity index (χ1v) is 4.43. The van der Waals surface area contributed by atoms with Crippen LogP contribution in [0.4, 0.5) is 27.6 Å². The molecule has 1 nitrogen and oxygen atoms in total. The van der Waals surface area contributed by atoms with Crippen LogP contribution >= 0.6 is 0 Å². The molecule has 0 heterocycles.